The highest BCUT2D eigenvalue weighted by molar-refractivity contribution is 5.95. The number of carbonyl (C=O) groups excluding carboxylic acids is 2. The molecule has 2 amide bonds. The van der Waals surface area contributed by atoms with E-state index in [0.29, 0.717) is 0 Å². The number of alkyl halides is 4. The molecule has 1 aliphatic heterocycles. The van der Waals surface area contributed by atoms with Crippen molar-refractivity contribution in [3.8, 4) is 0 Å². The summed E-state index contributed by atoms with van der Waals surface area (Å²) in [6.45, 7) is 0.959. The van der Waals surface area contributed by atoms with Crippen LogP contribution >= 0.6 is 0 Å². The Hall–Kier alpha value is -4.03. The summed E-state index contributed by atoms with van der Waals surface area (Å²) >= 11 is 0. The molecule has 1 saturated heterocycles. The summed E-state index contributed by atoms with van der Waals surface area (Å²) in [5.41, 5.74) is -4.09. The molecular weight excluding hydrogens is 528 g/mol. The summed E-state index contributed by atoms with van der Waals surface area (Å²) in [5, 5.41) is 2.42. The number of piperidine rings is 1. The first-order valence-electron chi connectivity index (χ1n) is 11.9. The van der Waals surface area contributed by atoms with Crippen LogP contribution in [0.5, 0.6) is 0 Å². The summed E-state index contributed by atoms with van der Waals surface area (Å²) in [6, 6.07) is 6.53. The zero-order valence-electron chi connectivity index (χ0n) is 20.7. The Balaban J connectivity index is 1.46. The quantitative estimate of drug-likeness (QED) is 0.458. The molecule has 1 aliphatic rings. The molecule has 1 fully saturated rings. The Morgan fingerprint density at radius 2 is 1.67 bits per heavy atom. The van der Waals surface area contributed by atoms with Gasteiger partial charge in [-0.05, 0) is 31.2 Å². The van der Waals surface area contributed by atoms with E-state index in [0.717, 1.165) is 30.5 Å². The van der Waals surface area contributed by atoms with Gasteiger partial charge in [0.05, 0.1) is 29.9 Å². The molecule has 7 nitrogen and oxygen atoms in total. The number of rotatable bonds is 6. The van der Waals surface area contributed by atoms with Gasteiger partial charge in [0, 0.05) is 37.7 Å². The van der Waals surface area contributed by atoms with Crippen LogP contribution in [0, 0.1) is 18.6 Å². The number of nitrogens with zero attached hydrogens (tertiary/aromatic N) is 4. The average molecular weight is 551 g/mol. The van der Waals surface area contributed by atoms with Crippen LogP contribution in [-0.4, -0.2) is 44.8 Å². The van der Waals surface area contributed by atoms with Crippen molar-refractivity contribution in [2.45, 2.75) is 44.6 Å². The topological polar surface area (TPSA) is 88.1 Å². The SMILES string of the molecule is Cc1ncc(C(=O)NCc2cccc(C(F)(F)F)n2)c(C2(F)CCN(C(=O)Cc3c(F)cccc3F)CC2)n1. The van der Waals surface area contributed by atoms with Gasteiger partial charge >= 0.3 is 6.18 Å². The Kier molecular flexibility index (Phi) is 7.89. The van der Waals surface area contributed by atoms with Gasteiger partial charge in [-0.25, -0.2) is 28.1 Å². The van der Waals surface area contributed by atoms with Crippen LogP contribution in [0.4, 0.5) is 26.3 Å². The monoisotopic (exact) mass is 551 g/mol. The van der Waals surface area contributed by atoms with Crippen molar-refractivity contribution in [1.82, 2.24) is 25.2 Å². The number of benzene rings is 1. The number of aromatic nitrogens is 3. The van der Waals surface area contributed by atoms with Gasteiger partial charge in [0.1, 0.15) is 23.2 Å². The molecule has 0 aliphatic carbocycles. The first kappa shape index (κ1) is 28.0. The van der Waals surface area contributed by atoms with E-state index < -0.39 is 47.4 Å². The van der Waals surface area contributed by atoms with Crippen LogP contribution in [0.25, 0.3) is 0 Å². The summed E-state index contributed by atoms with van der Waals surface area (Å²) < 4.78 is 82.9. The molecule has 0 bridgehead atoms. The lowest BCUT2D eigenvalue weighted by Gasteiger charge is -2.36. The van der Waals surface area contributed by atoms with Gasteiger partial charge in [0.2, 0.25) is 5.91 Å². The third-order valence-electron chi connectivity index (χ3n) is 6.40. The summed E-state index contributed by atoms with van der Waals surface area (Å²) in [6.07, 6.45) is -4.54. The van der Waals surface area contributed by atoms with Gasteiger partial charge in [-0.2, -0.15) is 13.2 Å². The smallest absolute Gasteiger partial charge is 0.346 e. The minimum Gasteiger partial charge on any atom is -0.346 e. The highest BCUT2D eigenvalue weighted by Crippen LogP contribution is 2.38. The van der Waals surface area contributed by atoms with Gasteiger partial charge < -0.3 is 10.2 Å². The Labute approximate surface area is 219 Å². The van der Waals surface area contributed by atoms with Crippen LogP contribution in [0.1, 0.15) is 51.7 Å². The van der Waals surface area contributed by atoms with E-state index in [-0.39, 0.29) is 60.8 Å². The van der Waals surface area contributed by atoms with E-state index in [4.69, 9.17) is 0 Å². The van der Waals surface area contributed by atoms with Crippen LogP contribution in [-0.2, 0) is 29.6 Å². The third kappa shape index (κ3) is 6.35. The molecule has 1 N–H and O–H groups in total. The van der Waals surface area contributed by atoms with Gasteiger partial charge in [0.15, 0.2) is 5.67 Å². The Morgan fingerprint density at radius 1 is 1.03 bits per heavy atom. The molecule has 13 heteroatoms. The normalized spacial score (nSPS) is 15.2. The molecule has 0 unspecified atom stereocenters. The van der Waals surface area contributed by atoms with Crippen molar-refractivity contribution < 1.29 is 35.9 Å². The number of pyridine rings is 1. The van der Waals surface area contributed by atoms with Crippen molar-refractivity contribution in [2.75, 3.05) is 13.1 Å². The average Bonchev–Trinajstić information content (AvgIpc) is 2.89. The molecule has 1 aromatic carbocycles. The first-order chi connectivity index (χ1) is 18.4. The number of carbonyl (C=O) groups is 2. The van der Waals surface area contributed by atoms with Crippen molar-refractivity contribution in [3.63, 3.8) is 0 Å². The lowest BCUT2D eigenvalue weighted by atomic mass is 9.87. The number of amides is 2. The van der Waals surface area contributed by atoms with Crippen molar-refractivity contribution in [3.05, 3.63) is 88.3 Å². The highest BCUT2D eigenvalue weighted by Gasteiger charge is 2.42. The van der Waals surface area contributed by atoms with Crippen LogP contribution in [0.15, 0.2) is 42.6 Å². The number of likely N-dealkylation sites (tertiary alicyclic amines) is 1. The van der Waals surface area contributed by atoms with Gasteiger partial charge in [-0.1, -0.05) is 12.1 Å². The van der Waals surface area contributed by atoms with Crippen LogP contribution in [0.3, 0.4) is 0 Å². The second-order valence-corrected chi connectivity index (χ2v) is 9.10. The van der Waals surface area contributed by atoms with Crippen molar-refractivity contribution in [1.29, 1.82) is 0 Å². The molecule has 0 saturated carbocycles. The van der Waals surface area contributed by atoms with E-state index in [2.05, 4.69) is 20.3 Å². The van der Waals surface area contributed by atoms with Gasteiger partial charge in [-0.15, -0.1) is 0 Å². The van der Waals surface area contributed by atoms with Crippen molar-refractivity contribution in [2.24, 2.45) is 0 Å². The number of halogens is 6. The maximum atomic E-state index is 16.2. The molecule has 0 radical (unpaired) electrons. The van der Waals surface area contributed by atoms with Gasteiger partial charge in [0.25, 0.3) is 5.91 Å². The zero-order chi connectivity index (χ0) is 28.4. The predicted octanol–water partition coefficient (Wildman–Crippen LogP) is 4.44. The standard InChI is InChI=1S/C26H23F6N5O2/c1-15-33-14-18(24(39)34-13-16-4-2-7-21(36-16)26(30,31)32)23(35-15)25(29)8-10-37(11-9-25)22(38)12-17-19(27)5-3-6-20(17)28/h2-7,14H,8-13H2,1H3,(H,34,39). The molecule has 2 aromatic heterocycles. The lowest BCUT2D eigenvalue weighted by molar-refractivity contribution is -0.141. The second kappa shape index (κ2) is 11.0. The van der Waals surface area contributed by atoms with Gasteiger partial charge in [-0.3, -0.25) is 9.59 Å². The Bertz CT molecular complexity index is 1370. The molecule has 39 heavy (non-hydrogen) atoms. The summed E-state index contributed by atoms with van der Waals surface area (Å²) in [7, 11) is 0. The first-order valence-corrected chi connectivity index (χ1v) is 11.9. The maximum absolute atomic E-state index is 16.2. The molecular formula is C26H23F6N5O2. The fourth-order valence-corrected chi connectivity index (χ4v) is 4.29. The fourth-order valence-electron chi connectivity index (χ4n) is 4.29. The number of nitrogens with one attached hydrogen (secondary N) is 1. The third-order valence-corrected chi connectivity index (χ3v) is 6.40. The molecule has 0 spiro atoms. The number of aryl methyl sites for hydroxylation is 1. The Morgan fingerprint density at radius 3 is 2.31 bits per heavy atom. The van der Waals surface area contributed by atoms with Crippen LogP contribution in [0.2, 0.25) is 0 Å². The predicted molar refractivity (Wildman–Crippen MR) is 126 cm³/mol. The molecule has 0 atom stereocenters. The number of hydrogen-bond acceptors (Lipinski definition) is 5. The van der Waals surface area contributed by atoms with Crippen molar-refractivity contribution >= 4 is 11.8 Å². The molecule has 3 heterocycles. The maximum Gasteiger partial charge on any atom is 0.433 e. The summed E-state index contributed by atoms with van der Waals surface area (Å²) in [4.78, 5) is 38.4. The van der Waals surface area contributed by atoms with E-state index in [1.165, 1.54) is 24.0 Å². The molecule has 4 rings (SSSR count). The highest BCUT2D eigenvalue weighted by atomic mass is 19.4. The van der Waals surface area contributed by atoms with E-state index in [1.54, 1.807) is 0 Å². The largest absolute Gasteiger partial charge is 0.433 e. The zero-order valence-corrected chi connectivity index (χ0v) is 20.7. The summed E-state index contributed by atoms with van der Waals surface area (Å²) in [5.74, 6) is -2.91. The molecule has 206 valence electrons. The minimum absolute atomic E-state index is 0.0548. The fraction of sp³-hybridized carbons (Fsp3) is 0.346. The van der Waals surface area contributed by atoms with E-state index in [9.17, 15) is 31.5 Å². The molecule has 3 aromatic rings. The lowest BCUT2D eigenvalue weighted by Crippen LogP contribution is -2.45. The second-order valence-electron chi connectivity index (χ2n) is 9.10. The van der Waals surface area contributed by atoms with Crippen LogP contribution < -0.4 is 5.32 Å². The number of hydrogen-bond donors (Lipinski definition) is 1. The van der Waals surface area contributed by atoms with E-state index in [1.807, 2.05) is 0 Å². The van der Waals surface area contributed by atoms with E-state index >= 15 is 4.39 Å². The minimum atomic E-state index is -4.65.